The minimum Gasteiger partial charge on any atom is -0.0613 e. The average molecular weight is 252 g/mol. The lowest BCUT2D eigenvalue weighted by molar-refractivity contribution is 1.08. The van der Waals surface area contributed by atoms with E-state index in [2.05, 4.69) is 65.8 Å². The van der Waals surface area contributed by atoms with Crippen molar-refractivity contribution in [3.05, 3.63) is 57.6 Å². The molecule has 0 nitrogen and oxygen atoms in total. The summed E-state index contributed by atoms with van der Waals surface area (Å²) in [6, 6.07) is 9.27. The first-order valence-electron chi connectivity index (χ1n) is 7.12. The molecule has 0 aliphatic carbocycles. The van der Waals surface area contributed by atoms with Gasteiger partial charge in [0.15, 0.2) is 0 Å². The number of hydrogen-bond donors (Lipinski definition) is 0. The second kappa shape index (κ2) is 5.21. The van der Waals surface area contributed by atoms with Crippen LogP contribution in [0.25, 0.3) is 11.1 Å². The lowest BCUT2D eigenvalue weighted by Crippen LogP contribution is -1.94. The van der Waals surface area contributed by atoms with Crippen molar-refractivity contribution in [1.82, 2.24) is 0 Å². The van der Waals surface area contributed by atoms with Gasteiger partial charge in [0.1, 0.15) is 0 Å². The van der Waals surface area contributed by atoms with E-state index in [0.717, 1.165) is 6.42 Å². The van der Waals surface area contributed by atoms with Crippen LogP contribution in [-0.4, -0.2) is 0 Å². The highest BCUT2D eigenvalue weighted by Gasteiger charge is 2.07. The van der Waals surface area contributed by atoms with Gasteiger partial charge < -0.3 is 0 Å². The Kier molecular flexibility index (Phi) is 3.80. The molecule has 0 heteroatoms. The SMILES string of the molecule is CCc1c(C)cc(-c2cc(C)c(C)c(C)c2)cc1C. The maximum atomic E-state index is 2.33. The van der Waals surface area contributed by atoms with E-state index in [1.807, 2.05) is 0 Å². The number of hydrogen-bond acceptors (Lipinski definition) is 0. The fraction of sp³-hybridized carbons (Fsp3) is 0.368. The quantitative estimate of drug-likeness (QED) is 0.666. The van der Waals surface area contributed by atoms with Crippen LogP contribution in [-0.2, 0) is 6.42 Å². The Morgan fingerprint density at radius 3 is 1.37 bits per heavy atom. The molecule has 0 aromatic heterocycles. The van der Waals surface area contributed by atoms with E-state index in [4.69, 9.17) is 0 Å². The lowest BCUT2D eigenvalue weighted by Gasteiger charge is -2.14. The molecule has 19 heavy (non-hydrogen) atoms. The number of rotatable bonds is 2. The second-order valence-electron chi connectivity index (χ2n) is 5.68. The van der Waals surface area contributed by atoms with Crippen molar-refractivity contribution in [2.75, 3.05) is 0 Å². The molecule has 0 spiro atoms. The standard InChI is InChI=1S/C19H24/c1-7-19-14(4)10-18(11-15(19)5)17-8-12(2)16(6)13(3)9-17/h8-11H,7H2,1-6H3. The molecular weight excluding hydrogens is 228 g/mol. The summed E-state index contributed by atoms with van der Waals surface area (Å²) in [5, 5.41) is 0. The molecule has 0 aliphatic heterocycles. The number of aryl methyl sites for hydroxylation is 4. The van der Waals surface area contributed by atoms with E-state index in [0.29, 0.717) is 0 Å². The first kappa shape index (κ1) is 13.9. The number of benzene rings is 2. The summed E-state index contributed by atoms with van der Waals surface area (Å²) in [5.41, 5.74) is 11.2. The third-order valence-electron chi connectivity index (χ3n) is 4.31. The van der Waals surface area contributed by atoms with Crippen molar-refractivity contribution in [2.45, 2.75) is 48.0 Å². The topological polar surface area (TPSA) is 0 Å². The van der Waals surface area contributed by atoms with Crippen molar-refractivity contribution >= 4 is 0 Å². The molecule has 0 N–H and O–H groups in total. The van der Waals surface area contributed by atoms with Crippen molar-refractivity contribution in [3.63, 3.8) is 0 Å². The molecule has 0 fully saturated rings. The van der Waals surface area contributed by atoms with Crippen molar-refractivity contribution in [1.29, 1.82) is 0 Å². The van der Waals surface area contributed by atoms with Crippen LogP contribution in [0.4, 0.5) is 0 Å². The van der Waals surface area contributed by atoms with Gasteiger partial charge in [-0.3, -0.25) is 0 Å². The first-order valence-corrected chi connectivity index (χ1v) is 7.12. The fourth-order valence-electron chi connectivity index (χ4n) is 2.92. The normalized spacial score (nSPS) is 10.8. The Morgan fingerprint density at radius 1 is 0.632 bits per heavy atom. The average Bonchev–Trinajstić information content (AvgIpc) is 2.35. The van der Waals surface area contributed by atoms with Gasteiger partial charge in [-0.2, -0.15) is 0 Å². The van der Waals surface area contributed by atoms with Gasteiger partial charge >= 0.3 is 0 Å². The van der Waals surface area contributed by atoms with E-state index >= 15 is 0 Å². The van der Waals surface area contributed by atoms with Crippen molar-refractivity contribution in [3.8, 4) is 11.1 Å². The first-order chi connectivity index (χ1) is 8.93. The molecular formula is C19H24. The molecule has 2 aromatic rings. The molecule has 0 aliphatic rings. The molecule has 0 saturated heterocycles. The van der Waals surface area contributed by atoms with E-state index in [1.54, 1.807) is 0 Å². The lowest BCUT2D eigenvalue weighted by atomic mass is 9.91. The third-order valence-corrected chi connectivity index (χ3v) is 4.31. The van der Waals surface area contributed by atoms with E-state index in [-0.39, 0.29) is 0 Å². The van der Waals surface area contributed by atoms with Crippen LogP contribution in [0, 0.1) is 34.6 Å². The van der Waals surface area contributed by atoms with Gasteiger partial charge in [0.05, 0.1) is 0 Å². The monoisotopic (exact) mass is 252 g/mol. The Hall–Kier alpha value is -1.56. The van der Waals surface area contributed by atoms with Gasteiger partial charge in [-0.1, -0.05) is 31.2 Å². The second-order valence-corrected chi connectivity index (χ2v) is 5.68. The van der Waals surface area contributed by atoms with E-state index < -0.39 is 0 Å². The summed E-state index contributed by atoms with van der Waals surface area (Å²) in [5.74, 6) is 0. The zero-order chi connectivity index (χ0) is 14.2. The predicted octanol–water partition coefficient (Wildman–Crippen LogP) is 5.46. The van der Waals surface area contributed by atoms with Crippen LogP contribution in [0.3, 0.4) is 0 Å². The van der Waals surface area contributed by atoms with Crippen LogP contribution in [0.1, 0.15) is 40.3 Å². The largest absolute Gasteiger partial charge is 0.0613 e. The highest BCUT2D eigenvalue weighted by Crippen LogP contribution is 2.28. The summed E-state index contributed by atoms with van der Waals surface area (Å²) in [7, 11) is 0. The van der Waals surface area contributed by atoms with Gasteiger partial charge in [0.25, 0.3) is 0 Å². The van der Waals surface area contributed by atoms with Gasteiger partial charge in [0, 0.05) is 0 Å². The summed E-state index contributed by atoms with van der Waals surface area (Å²) in [6.07, 6.45) is 1.11. The van der Waals surface area contributed by atoms with Crippen LogP contribution in [0.5, 0.6) is 0 Å². The molecule has 0 saturated carbocycles. The minimum absolute atomic E-state index is 1.11. The maximum Gasteiger partial charge on any atom is -0.0178 e. The van der Waals surface area contributed by atoms with Gasteiger partial charge in [0.2, 0.25) is 0 Å². The zero-order valence-corrected chi connectivity index (χ0v) is 13.0. The molecule has 0 unspecified atom stereocenters. The smallest absolute Gasteiger partial charge is 0.0178 e. The molecule has 0 heterocycles. The van der Waals surface area contributed by atoms with Gasteiger partial charge in [-0.05, 0) is 85.5 Å². The fourth-order valence-corrected chi connectivity index (χ4v) is 2.92. The summed E-state index contributed by atoms with van der Waals surface area (Å²) < 4.78 is 0. The Balaban J connectivity index is 2.60. The van der Waals surface area contributed by atoms with E-state index in [9.17, 15) is 0 Å². The molecule has 0 amide bonds. The van der Waals surface area contributed by atoms with Crippen LogP contribution < -0.4 is 0 Å². The van der Waals surface area contributed by atoms with Crippen LogP contribution in [0.2, 0.25) is 0 Å². The Morgan fingerprint density at radius 2 is 1.00 bits per heavy atom. The van der Waals surface area contributed by atoms with Crippen molar-refractivity contribution < 1.29 is 0 Å². The van der Waals surface area contributed by atoms with E-state index in [1.165, 1.54) is 44.5 Å². The predicted molar refractivity (Wildman–Crippen MR) is 84.9 cm³/mol. The molecule has 100 valence electrons. The summed E-state index contributed by atoms with van der Waals surface area (Å²) in [4.78, 5) is 0. The Bertz CT molecular complexity index is 572. The highest BCUT2D eigenvalue weighted by molar-refractivity contribution is 5.68. The Labute approximate surface area is 117 Å². The summed E-state index contributed by atoms with van der Waals surface area (Å²) >= 11 is 0. The molecule has 0 radical (unpaired) electrons. The highest BCUT2D eigenvalue weighted by atomic mass is 14.1. The molecule has 2 rings (SSSR count). The van der Waals surface area contributed by atoms with Crippen molar-refractivity contribution in [2.24, 2.45) is 0 Å². The van der Waals surface area contributed by atoms with Crippen LogP contribution >= 0.6 is 0 Å². The molecule has 0 atom stereocenters. The molecule has 2 aromatic carbocycles. The van der Waals surface area contributed by atoms with Gasteiger partial charge in [-0.15, -0.1) is 0 Å². The zero-order valence-electron chi connectivity index (χ0n) is 13.0. The van der Waals surface area contributed by atoms with Crippen LogP contribution in [0.15, 0.2) is 24.3 Å². The minimum atomic E-state index is 1.11. The van der Waals surface area contributed by atoms with Gasteiger partial charge in [-0.25, -0.2) is 0 Å². The molecule has 0 bridgehead atoms. The maximum absolute atomic E-state index is 2.33. The summed E-state index contributed by atoms with van der Waals surface area (Å²) in [6.45, 7) is 13.3. The third kappa shape index (κ3) is 2.58.